The molecule has 0 aromatic heterocycles. The maximum Gasteiger partial charge on any atom is 0.305 e. The number of rotatable bonds is 6. The van der Waals surface area contributed by atoms with Crippen molar-refractivity contribution in [3.05, 3.63) is 39.9 Å². The number of ether oxygens (including phenoxy) is 1. The summed E-state index contributed by atoms with van der Waals surface area (Å²) < 4.78 is 4.46. The summed E-state index contributed by atoms with van der Waals surface area (Å²) in [5, 5.41) is 28.0. The zero-order valence-electron chi connectivity index (χ0n) is 13.1. The van der Waals surface area contributed by atoms with E-state index in [1.54, 1.807) is 32.0 Å². The summed E-state index contributed by atoms with van der Waals surface area (Å²) in [7, 11) is 1.29. The molecule has 1 rings (SSSR count). The van der Waals surface area contributed by atoms with Gasteiger partial charge in [-0.25, -0.2) is 0 Å². The van der Waals surface area contributed by atoms with Gasteiger partial charge in [-0.15, -0.1) is 0 Å². The number of carbonyl (C=O) groups excluding carboxylic acids is 1. The van der Waals surface area contributed by atoms with Crippen LogP contribution in [-0.2, 0) is 16.0 Å². The Labute approximate surface area is 129 Å². The number of hydrogen-bond donors (Lipinski definition) is 2. The first-order valence-electron chi connectivity index (χ1n) is 7.01. The second kappa shape index (κ2) is 9.86. The van der Waals surface area contributed by atoms with Gasteiger partial charge in [-0.05, 0) is 19.3 Å². The van der Waals surface area contributed by atoms with Crippen LogP contribution in [0.3, 0.4) is 0 Å². The van der Waals surface area contributed by atoms with Crippen molar-refractivity contribution < 1.29 is 24.7 Å². The smallest absolute Gasteiger partial charge is 0.305 e. The van der Waals surface area contributed by atoms with E-state index < -0.39 is 10.7 Å². The molecule has 0 heterocycles. The van der Waals surface area contributed by atoms with Crippen LogP contribution in [0.2, 0.25) is 0 Å². The number of carbonyl (C=O) groups is 1. The summed E-state index contributed by atoms with van der Waals surface area (Å²) in [6, 6.07) is 6.37. The van der Waals surface area contributed by atoms with Crippen molar-refractivity contribution in [3.63, 3.8) is 0 Å². The Morgan fingerprint density at radius 3 is 2.23 bits per heavy atom. The first kappa shape index (κ1) is 20.0. The van der Waals surface area contributed by atoms with Gasteiger partial charge in [0.25, 0.3) is 5.69 Å². The zero-order chi connectivity index (χ0) is 17.2. The number of nitrogens with zero attached hydrogens (tertiary/aromatic N) is 1. The molecule has 0 radical (unpaired) electrons. The Hall–Kier alpha value is -1.99. The van der Waals surface area contributed by atoms with Crippen LogP contribution < -0.4 is 0 Å². The Balaban J connectivity index is 0.000000534. The van der Waals surface area contributed by atoms with Crippen molar-refractivity contribution in [1.29, 1.82) is 0 Å². The molecule has 0 unspecified atom stereocenters. The van der Waals surface area contributed by atoms with E-state index in [1.807, 2.05) is 0 Å². The van der Waals surface area contributed by atoms with Crippen molar-refractivity contribution in [2.45, 2.75) is 45.3 Å². The highest BCUT2D eigenvalue weighted by atomic mass is 16.6. The molecule has 7 heteroatoms. The Morgan fingerprint density at radius 1 is 1.27 bits per heavy atom. The highest BCUT2D eigenvalue weighted by Gasteiger charge is 2.15. The predicted octanol–water partition coefficient (Wildman–Crippen LogP) is 2.19. The van der Waals surface area contributed by atoms with E-state index in [0.29, 0.717) is 24.8 Å². The quantitative estimate of drug-likeness (QED) is 0.360. The third-order valence-electron chi connectivity index (χ3n) is 3.15. The van der Waals surface area contributed by atoms with Gasteiger partial charge in [0.1, 0.15) is 0 Å². The molecule has 124 valence electrons. The lowest BCUT2D eigenvalue weighted by molar-refractivity contribution is -0.385. The molecule has 0 aliphatic carbocycles. The summed E-state index contributed by atoms with van der Waals surface area (Å²) >= 11 is 0. The zero-order valence-corrected chi connectivity index (χ0v) is 13.1. The largest absolute Gasteiger partial charge is 0.469 e. The summed E-state index contributed by atoms with van der Waals surface area (Å²) in [4.78, 5) is 21.0. The molecule has 0 spiro atoms. The summed E-state index contributed by atoms with van der Waals surface area (Å²) in [5.74, 6) is -1.78. The van der Waals surface area contributed by atoms with Gasteiger partial charge in [0.15, 0.2) is 5.79 Å². The van der Waals surface area contributed by atoms with E-state index in [4.69, 9.17) is 10.2 Å². The minimum atomic E-state index is -1.42. The highest BCUT2D eigenvalue weighted by molar-refractivity contribution is 5.69. The minimum absolute atomic E-state index is 0.0430. The third-order valence-corrected chi connectivity index (χ3v) is 3.15. The number of nitro groups is 1. The average Bonchev–Trinajstić information content (AvgIpc) is 2.53. The molecule has 0 bridgehead atoms. The number of aryl methyl sites for hydroxylation is 1. The van der Waals surface area contributed by atoms with E-state index in [-0.39, 0.29) is 18.1 Å². The third kappa shape index (κ3) is 7.70. The summed E-state index contributed by atoms with van der Waals surface area (Å²) in [6.07, 6.45) is 1.29. The fourth-order valence-corrected chi connectivity index (χ4v) is 1.49. The molecule has 22 heavy (non-hydrogen) atoms. The van der Waals surface area contributed by atoms with E-state index >= 15 is 0 Å². The number of nitro benzene ring substituents is 1. The van der Waals surface area contributed by atoms with E-state index in [1.165, 1.54) is 13.2 Å². The number of esters is 1. The van der Waals surface area contributed by atoms with E-state index in [9.17, 15) is 14.9 Å². The van der Waals surface area contributed by atoms with Crippen LogP contribution in [0, 0.1) is 10.1 Å². The SMILES string of the molecule is CCC(O)(O)CC.COC(=O)CCc1ccccc1[N+](=O)[O-]. The molecule has 0 saturated heterocycles. The molecule has 1 aromatic carbocycles. The lowest BCUT2D eigenvalue weighted by Gasteiger charge is -2.15. The fourth-order valence-electron chi connectivity index (χ4n) is 1.49. The van der Waals surface area contributed by atoms with Gasteiger partial charge in [0, 0.05) is 18.1 Å². The Kier molecular flexibility index (Phi) is 8.97. The maximum absolute atomic E-state index is 10.9. The second-order valence-corrected chi connectivity index (χ2v) is 4.65. The van der Waals surface area contributed by atoms with Gasteiger partial charge in [-0.1, -0.05) is 32.0 Å². The molecule has 0 saturated carbocycles. The Morgan fingerprint density at radius 2 is 1.82 bits per heavy atom. The van der Waals surface area contributed by atoms with Crippen LogP contribution in [0.1, 0.15) is 38.7 Å². The van der Waals surface area contributed by atoms with E-state index in [0.717, 1.165) is 0 Å². The van der Waals surface area contributed by atoms with Gasteiger partial charge in [0.2, 0.25) is 0 Å². The van der Waals surface area contributed by atoms with Gasteiger partial charge >= 0.3 is 5.97 Å². The fraction of sp³-hybridized carbons (Fsp3) is 0.533. The molecule has 0 atom stereocenters. The topological polar surface area (TPSA) is 110 Å². The van der Waals surface area contributed by atoms with Crippen molar-refractivity contribution >= 4 is 11.7 Å². The number of benzene rings is 1. The van der Waals surface area contributed by atoms with Crippen LogP contribution >= 0.6 is 0 Å². The van der Waals surface area contributed by atoms with Crippen molar-refractivity contribution in [3.8, 4) is 0 Å². The molecule has 1 aromatic rings. The van der Waals surface area contributed by atoms with Gasteiger partial charge in [0.05, 0.1) is 12.0 Å². The summed E-state index contributed by atoms with van der Waals surface area (Å²) in [5.41, 5.74) is 0.592. The van der Waals surface area contributed by atoms with Gasteiger partial charge in [-0.3, -0.25) is 14.9 Å². The molecular formula is C15H23NO6. The number of methoxy groups -OCH3 is 1. The monoisotopic (exact) mass is 313 g/mol. The highest BCUT2D eigenvalue weighted by Crippen LogP contribution is 2.19. The van der Waals surface area contributed by atoms with Gasteiger partial charge < -0.3 is 14.9 Å². The standard InChI is InChI=1S/C10H11NO4.C5H12O2/c1-15-10(12)7-6-8-4-2-3-5-9(8)11(13)14;1-3-5(6,7)4-2/h2-5H,6-7H2,1H3;6-7H,3-4H2,1-2H3. The first-order chi connectivity index (χ1) is 10.3. The normalized spacial score (nSPS) is 10.4. The van der Waals surface area contributed by atoms with Crippen LogP contribution in [-0.4, -0.2) is 34.0 Å². The number of hydrogen-bond acceptors (Lipinski definition) is 6. The molecule has 7 nitrogen and oxygen atoms in total. The van der Waals surface area contributed by atoms with Gasteiger partial charge in [-0.2, -0.15) is 0 Å². The summed E-state index contributed by atoms with van der Waals surface area (Å²) in [6.45, 7) is 3.48. The molecular weight excluding hydrogens is 290 g/mol. The van der Waals surface area contributed by atoms with Crippen molar-refractivity contribution in [2.75, 3.05) is 7.11 Å². The molecule has 0 amide bonds. The number of para-hydroxylation sites is 1. The maximum atomic E-state index is 10.9. The predicted molar refractivity (Wildman–Crippen MR) is 81.2 cm³/mol. The Bertz CT molecular complexity index is 481. The average molecular weight is 313 g/mol. The van der Waals surface area contributed by atoms with Crippen molar-refractivity contribution in [1.82, 2.24) is 0 Å². The first-order valence-corrected chi connectivity index (χ1v) is 7.01. The lowest BCUT2D eigenvalue weighted by atomic mass is 10.1. The van der Waals surface area contributed by atoms with Crippen LogP contribution in [0.25, 0.3) is 0 Å². The van der Waals surface area contributed by atoms with Crippen LogP contribution in [0.4, 0.5) is 5.69 Å². The number of aliphatic hydroxyl groups is 2. The minimum Gasteiger partial charge on any atom is -0.469 e. The molecule has 0 fully saturated rings. The van der Waals surface area contributed by atoms with E-state index in [2.05, 4.69) is 4.74 Å². The van der Waals surface area contributed by atoms with Crippen molar-refractivity contribution in [2.24, 2.45) is 0 Å². The second-order valence-electron chi connectivity index (χ2n) is 4.65. The van der Waals surface area contributed by atoms with Crippen LogP contribution in [0.15, 0.2) is 24.3 Å². The molecule has 2 N–H and O–H groups in total. The molecule has 0 aliphatic rings. The van der Waals surface area contributed by atoms with Crippen LogP contribution in [0.5, 0.6) is 0 Å². The lowest BCUT2D eigenvalue weighted by Crippen LogP contribution is -2.24. The molecule has 0 aliphatic heterocycles.